The van der Waals surface area contributed by atoms with Crippen LogP contribution in [0.1, 0.15) is 0 Å². The van der Waals surface area contributed by atoms with Gasteiger partial charge in [0.15, 0.2) is 17.5 Å². The predicted molar refractivity (Wildman–Crippen MR) is 230 cm³/mol. The number of hydrogen-bond acceptors (Lipinski definition) is 3. The van der Waals surface area contributed by atoms with Gasteiger partial charge in [0.05, 0.1) is 27.8 Å². The first-order valence-electron chi connectivity index (χ1n) is 18.9. The van der Waals surface area contributed by atoms with Crippen LogP contribution in [-0.2, 0) is 0 Å². The molecule has 0 saturated heterocycles. The van der Waals surface area contributed by atoms with E-state index in [4.69, 9.17) is 15.0 Å². The maximum absolute atomic E-state index is 5.34. The van der Waals surface area contributed by atoms with Gasteiger partial charge in [-0.25, -0.2) is 15.0 Å². The first kappa shape index (κ1) is 31.9. The van der Waals surface area contributed by atoms with Crippen LogP contribution in [0.3, 0.4) is 0 Å². The Kier molecular flexibility index (Phi) is 7.42. The minimum atomic E-state index is 0.608. The van der Waals surface area contributed by atoms with Crippen molar-refractivity contribution < 1.29 is 0 Å². The molecular weight excluding hydrogens is 683 g/mol. The molecule has 0 atom stereocenters. The first-order valence-corrected chi connectivity index (χ1v) is 18.9. The van der Waals surface area contributed by atoms with Crippen molar-refractivity contribution in [3.63, 3.8) is 0 Å². The number of nitrogens with zero attached hydrogens (tertiary/aromatic N) is 5. The summed E-state index contributed by atoms with van der Waals surface area (Å²) >= 11 is 0. The lowest BCUT2D eigenvalue weighted by Crippen LogP contribution is -2.04. The third kappa shape index (κ3) is 5.13. The molecule has 0 bridgehead atoms. The molecule has 0 fully saturated rings. The van der Waals surface area contributed by atoms with Crippen molar-refractivity contribution >= 4 is 43.6 Å². The lowest BCUT2D eigenvalue weighted by Gasteiger charge is -2.17. The van der Waals surface area contributed by atoms with Crippen molar-refractivity contribution in [2.75, 3.05) is 0 Å². The largest absolute Gasteiger partial charge is 0.309 e. The van der Waals surface area contributed by atoms with Crippen LogP contribution in [0.5, 0.6) is 0 Å². The molecule has 5 nitrogen and oxygen atoms in total. The lowest BCUT2D eigenvalue weighted by molar-refractivity contribution is 1.07. The Balaban J connectivity index is 1.25. The van der Waals surface area contributed by atoms with Gasteiger partial charge in [-0.05, 0) is 53.6 Å². The number of hydrogen-bond donors (Lipinski definition) is 0. The highest BCUT2D eigenvalue weighted by Gasteiger charge is 2.25. The number of fused-ring (bicyclic) bond motifs is 6. The molecule has 8 aromatic carbocycles. The summed E-state index contributed by atoms with van der Waals surface area (Å²) in [6.07, 6.45) is 0. The maximum Gasteiger partial charge on any atom is 0.166 e. The summed E-state index contributed by atoms with van der Waals surface area (Å²) in [6, 6.07) is 70.3. The van der Waals surface area contributed by atoms with E-state index in [2.05, 4.69) is 185 Å². The second kappa shape index (κ2) is 13.0. The van der Waals surface area contributed by atoms with Gasteiger partial charge in [-0.2, -0.15) is 0 Å². The summed E-state index contributed by atoms with van der Waals surface area (Å²) < 4.78 is 4.79. The van der Waals surface area contributed by atoms with Crippen molar-refractivity contribution in [2.45, 2.75) is 0 Å². The van der Waals surface area contributed by atoms with Gasteiger partial charge in [0, 0.05) is 43.9 Å². The molecule has 0 aliphatic carbocycles. The SMILES string of the molecule is c1ccc(-c2ccc(-c3nc(-c4ccccc4)nc(-c4ccc5c(c4-n4c6ccccc6c6ccccc64)c4ccccc4n5-c4ccccc4)n3)cc2)cc1. The fourth-order valence-electron chi connectivity index (χ4n) is 8.26. The first-order chi connectivity index (χ1) is 27.8. The van der Waals surface area contributed by atoms with Gasteiger partial charge in [0.2, 0.25) is 0 Å². The van der Waals surface area contributed by atoms with Crippen molar-refractivity contribution in [1.82, 2.24) is 24.1 Å². The van der Waals surface area contributed by atoms with Gasteiger partial charge >= 0.3 is 0 Å². The van der Waals surface area contributed by atoms with Gasteiger partial charge in [-0.3, -0.25) is 0 Å². The zero-order valence-electron chi connectivity index (χ0n) is 30.3. The topological polar surface area (TPSA) is 48.5 Å². The van der Waals surface area contributed by atoms with E-state index in [-0.39, 0.29) is 0 Å². The second-order valence-corrected chi connectivity index (χ2v) is 14.0. The minimum absolute atomic E-state index is 0.608. The van der Waals surface area contributed by atoms with Gasteiger partial charge in [0.25, 0.3) is 0 Å². The zero-order chi connectivity index (χ0) is 37.0. The summed E-state index contributed by atoms with van der Waals surface area (Å²) in [4.78, 5) is 15.8. The Labute approximate surface area is 323 Å². The summed E-state index contributed by atoms with van der Waals surface area (Å²) in [5, 5.41) is 4.67. The van der Waals surface area contributed by atoms with Crippen molar-refractivity contribution in [3.05, 3.63) is 200 Å². The van der Waals surface area contributed by atoms with Gasteiger partial charge in [-0.1, -0.05) is 158 Å². The summed E-state index contributed by atoms with van der Waals surface area (Å²) in [6.45, 7) is 0. The van der Waals surface area contributed by atoms with E-state index in [1.807, 2.05) is 24.3 Å². The van der Waals surface area contributed by atoms with Crippen LogP contribution in [0.25, 0.3) is 100 Å². The van der Waals surface area contributed by atoms with Crippen LogP contribution in [0.2, 0.25) is 0 Å². The molecule has 11 rings (SSSR count). The number of aromatic nitrogens is 5. The average molecular weight is 716 g/mol. The molecule has 5 heteroatoms. The Morgan fingerprint density at radius 2 is 0.714 bits per heavy atom. The fourth-order valence-corrected chi connectivity index (χ4v) is 8.26. The Morgan fingerprint density at radius 1 is 0.286 bits per heavy atom. The van der Waals surface area contributed by atoms with Gasteiger partial charge < -0.3 is 9.13 Å². The third-order valence-electron chi connectivity index (χ3n) is 10.8. The summed E-state index contributed by atoms with van der Waals surface area (Å²) in [7, 11) is 0. The van der Waals surface area contributed by atoms with E-state index in [0.29, 0.717) is 17.5 Å². The quantitative estimate of drug-likeness (QED) is 0.172. The van der Waals surface area contributed by atoms with Crippen LogP contribution in [0.15, 0.2) is 200 Å². The summed E-state index contributed by atoms with van der Waals surface area (Å²) in [5.41, 5.74) is 11.7. The molecule has 56 heavy (non-hydrogen) atoms. The van der Waals surface area contributed by atoms with Crippen molar-refractivity contribution in [2.24, 2.45) is 0 Å². The molecule has 0 aliphatic rings. The molecule has 0 amide bonds. The average Bonchev–Trinajstić information content (AvgIpc) is 3.80. The zero-order valence-corrected chi connectivity index (χ0v) is 30.3. The second-order valence-electron chi connectivity index (χ2n) is 14.0. The highest BCUT2D eigenvalue weighted by molar-refractivity contribution is 6.18. The molecule has 0 N–H and O–H groups in total. The van der Waals surface area contributed by atoms with Crippen LogP contribution < -0.4 is 0 Å². The normalized spacial score (nSPS) is 11.6. The van der Waals surface area contributed by atoms with E-state index < -0.39 is 0 Å². The van der Waals surface area contributed by atoms with Crippen molar-refractivity contribution in [3.8, 4) is 56.7 Å². The van der Waals surface area contributed by atoms with E-state index in [0.717, 1.165) is 66.5 Å². The van der Waals surface area contributed by atoms with Crippen LogP contribution in [0, 0.1) is 0 Å². The maximum atomic E-state index is 5.34. The number of benzene rings is 8. The standard InChI is InChI=1S/C51H33N5/c1-4-16-34(17-5-1)35-28-30-37(31-29-35)50-52-49(36-18-6-2-7-19-36)53-51(54-50)42-32-33-46-47(41-24-12-15-27-45(41)55(46)38-20-8-3-9-21-38)48(42)56-43-25-13-10-22-39(43)40-23-11-14-26-44(40)56/h1-33H. The molecule has 0 saturated carbocycles. The molecule has 262 valence electrons. The Hall–Kier alpha value is -7.63. The highest BCUT2D eigenvalue weighted by atomic mass is 15.1. The molecule has 0 aliphatic heterocycles. The van der Waals surface area contributed by atoms with E-state index in [9.17, 15) is 0 Å². The lowest BCUT2D eigenvalue weighted by atomic mass is 10.0. The van der Waals surface area contributed by atoms with Crippen molar-refractivity contribution in [1.29, 1.82) is 0 Å². The molecule has 0 unspecified atom stereocenters. The highest BCUT2D eigenvalue weighted by Crippen LogP contribution is 2.44. The number of rotatable bonds is 6. The number of para-hydroxylation sites is 4. The fraction of sp³-hybridized carbons (Fsp3) is 0. The van der Waals surface area contributed by atoms with E-state index in [1.165, 1.54) is 16.3 Å². The summed E-state index contributed by atoms with van der Waals surface area (Å²) in [5.74, 6) is 1.85. The minimum Gasteiger partial charge on any atom is -0.309 e. The van der Waals surface area contributed by atoms with Crippen LogP contribution in [0.4, 0.5) is 0 Å². The predicted octanol–water partition coefficient (Wildman–Crippen LogP) is 12.7. The van der Waals surface area contributed by atoms with Crippen LogP contribution >= 0.6 is 0 Å². The Bertz CT molecular complexity index is 3170. The molecule has 11 aromatic rings. The van der Waals surface area contributed by atoms with E-state index >= 15 is 0 Å². The molecule has 3 heterocycles. The monoisotopic (exact) mass is 715 g/mol. The van der Waals surface area contributed by atoms with E-state index in [1.54, 1.807) is 0 Å². The molecule has 3 aromatic heterocycles. The van der Waals surface area contributed by atoms with Crippen LogP contribution in [-0.4, -0.2) is 24.1 Å². The third-order valence-corrected chi connectivity index (χ3v) is 10.8. The molecule has 0 spiro atoms. The van der Waals surface area contributed by atoms with Gasteiger partial charge in [0.1, 0.15) is 0 Å². The Morgan fingerprint density at radius 3 is 1.32 bits per heavy atom. The van der Waals surface area contributed by atoms with Gasteiger partial charge in [-0.15, -0.1) is 0 Å². The molecule has 0 radical (unpaired) electrons. The smallest absolute Gasteiger partial charge is 0.166 e. The molecular formula is C51H33N5.